The molecule has 2 heterocycles. The Kier molecular flexibility index (Phi) is 4.35. The summed E-state index contributed by atoms with van der Waals surface area (Å²) in [5.74, 6) is 1.61. The van der Waals surface area contributed by atoms with Crippen molar-refractivity contribution in [3.63, 3.8) is 0 Å². The highest BCUT2D eigenvalue weighted by atomic mass is 16.5. The summed E-state index contributed by atoms with van der Waals surface area (Å²) in [5, 5.41) is 6.02. The molecule has 4 rings (SSSR count). The second-order valence-electron chi connectivity index (χ2n) is 7.41. The van der Waals surface area contributed by atoms with E-state index in [1.54, 1.807) is 0 Å². The Morgan fingerprint density at radius 1 is 1.29 bits per heavy atom. The first kappa shape index (κ1) is 15.8. The smallest absolute Gasteiger partial charge is 0.315 e. The average molecular weight is 330 g/mol. The van der Waals surface area contributed by atoms with Crippen molar-refractivity contribution in [1.82, 2.24) is 10.6 Å². The van der Waals surface area contributed by atoms with E-state index in [0.29, 0.717) is 18.6 Å². The van der Waals surface area contributed by atoms with Gasteiger partial charge >= 0.3 is 6.03 Å². The first-order valence-corrected chi connectivity index (χ1v) is 9.09. The Hall–Kier alpha value is -1.75. The average Bonchev–Trinajstić information content (AvgIpc) is 3.17. The summed E-state index contributed by atoms with van der Waals surface area (Å²) in [6, 6.07) is 6.19. The zero-order valence-electron chi connectivity index (χ0n) is 14.2. The van der Waals surface area contributed by atoms with E-state index >= 15 is 0 Å². The largest absolute Gasteiger partial charge is 0.493 e. The molecule has 0 radical (unpaired) electrons. The van der Waals surface area contributed by atoms with Crippen molar-refractivity contribution in [1.29, 1.82) is 0 Å². The zero-order chi connectivity index (χ0) is 16.5. The summed E-state index contributed by atoms with van der Waals surface area (Å²) >= 11 is 0. The number of nitrogens with one attached hydrogen (secondary N) is 2. The number of amides is 2. The van der Waals surface area contributed by atoms with E-state index < -0.39 is 0 Å². The van der Waals surface area contributed by atoms with E-state index in [2.05, 4.69) is 29.7 Å². The van der Waals surface area contributed by atoms with E-state index in [1.807, 2.05) is 6.07 Å². The minimum absolute atomic E-state index is 0.120. The van der Waals surface area contributed by atoms with E-state index in [0.717, 1.165) is 37.2 Å². The van der Waals surface area contributed by atoms with Crippen molar-refractivity contribution in [2.45, 2.75) is 63.8 Å². The lowest BCUT2D eigenvalue weighted by molar-refractivity contribution is 0.0981. The van der Waals surface area contributed by atoms with Crippen molar-refractivity contribution in [2.24, 2.45) is 5.92 Å². The number of hydrogen-bond donors (Lipinski definition) is 2. The van der Waals surface area contributed by atoms with Crippen LogP contribution < -0.4 is 15.4 Å². The molecule has 2 bridgehead atoms. The molecule has 0 aromatic heterocycles. The van der Waals surface area contributed by atoms with Crippen LogP contribution in [0.2, 0.25) is 0 Å². The standard InChI is InChI=1S/C19H26N2O3/c1-12-2-5-14(18(8-12)23-11-13-3-4-13)10-20-19(22)21-16-9-15-6-7-17(16)24-15/h2,5,8,13,15-17H,3-4,6-7,9-11H2,1H3,(H2,20,21,22)/t15-,16+,17-/m1/s1. The number of rotatable bonds is 6. The number of hydrogen-bond acceptors (Lipinski definition) is 3. The molecule has 5 nitrogen and oxygen atoms in total. The number of aryl methyl sites for hydroxylation is 1. The summed E-state index contributed by atoms with van der Waals surface area (Å²) < 4.78 is 11.7. The Morgan fingerprint density at radius 2 is 2.17 bits per heavy atom. The van der Waals surface area contributed by atoms with Gasteiger partial charge in [-0.25, -0.2) is 4.79 Å². The molecule has 2 aliphatic heterocycles. The third-order valence-electron chi connectivity index (χ3n) is 5.26. The molecule has 5 heteroatoms. The second-order valence-corrected chi connectivity index (χ2v) is 7.41. The summed E-state index contributed by atoms with van der Waals surface area (Å²) in [5.41, 5.74) is 2.20. The van der Waals surface area contributed by atoms with Gasteiger partial charge in [-0.15, -0.1) is 0 Å². The highest BCUT2D eigenvalue weighted by Crippen LogP contribution is 2.34. The van der Waals surface area contributed by atoms with Crippen LogP contribution in [0, 0.1) is 12.8 Å². The monoisotopic (exact) mass is 330 g/mol. The molecule has 3 fully saturated rings. The van der Waals surface area contributed by atoms with Gasteiger partial charge < -0.3 is 20.1 Å². The van der Waals surface area contributed by atoms with Gasteiger partial charge in [-0.2, -0.15) is 0 Å². The van der Waals surface area contributed by atoms with Crippen LogP contribution in [0.1, 0.15) is 43.2 Å². The van der Waals surface area contributed by atoms with Crippen LogP contribution >= 0.6 is 0 Å². The number of fused-ring (bicyclic) bond motifs is 2. The van der Waals surface area contributed by atoms with Crippen molar-refractivity contribution >= 4 is 6.03 Å². The van der Waals surface area contributed by atoms with Gasteiger partial charge in [0.15, 0.2) is 0 Å². The molecule has 2 N–H and O–H groups in total. The molecular weight excluding hydrogens is 304 g/mol. The normalized spacial score (nSPS) is 28.0. The van der Waals surface area contributed by atoms with Crippen LogP contribution in [-0.2, 0) is 11.3 Å². The second kappa shape index (κ2) is 6.63. The van der Waals surface area contributed by atoms with E-state index in [9.17, 15) is 4.79 Å². The molecule has 3 aliphatic rings. The number of carbonyl (C=O) groups excluding carboxylic acids is 1. The molecule has 24 heavy (non-hydrogen) atoms. The SMILES string of the molecule is Cc1ccc(CNC(=O)N[C@H]2C[C@H]3CC[C@H]2O3)c(OCC2CC2)c1. The fraction of sp³-hybridized carbons (Fsp3) is 0.632. The van der Waals surface area contributed by atoms with E-state index in [4.69, 9.17) is 9.47 Å². The molecule has 0 unspecified atom stereocenters. The summed E-state index contributed by atoms with van der Waals surface area (Å²) in [6.07, 6.45) is 6.24. The molecule has 3 atom stereocenters. The quantitative estimate of drug-likeness (QED) is 0.843. The first-order valence-electron chi connectivity index (χ1n) is 9.09. The van der Waals surface area contributed by atoms with Crippen molar-refractivity contribution < 1.29 is 14.3 Å². The Balaban J connectivity index is 1.30. The van der Waals surface area contributed by atoms with Crippen LogP contribution in [0.5, 0.6) is 5.75 Å². The van der Waals surface area contributed by atoms with Crippen LogP contribution in [0.15, 0.2) is 18.2 Å². The number of benzene rings is 1. The van der Waals surface area contributed by atoms with Gasteiger partial charge in [0.1, 0.15) is 5.75 Å². The van der Waals surface area contributed by atoms with E-state index in [1.165, 1.54) is 18.4 Å². The van der Waals surface area contributed by atoms with Crippen LogP contribution in [0.3, 0.4) is 0 Å². The van der Waals surface area contributed by atoms with Crippen molar-refractivity contribution in [3.8, 4) is 5.75 Å². The van der Waals surface area contributed by atoms with E-state index in [-0.39, 0.29) is 18.2 Å². The van der Waals surface area contributed by atoms with Gasteiger partial charge in [0, 0.05) is 12.1 Å². The van der Waals surface area contributed by atoms with Crippen LogP contribution in [0.4, 0.5) is 4.79 Å². The maximum absolute atomic E-state index is 12.2. The Bertz CT molecular complexity index is 615. The molecule has 2 amide bonds. The molecule has 2 saturated heterocycles. The predicted molar refractivity (Wildman–Crippen MR) is 91.1 cm³/mol. The summed E-state index contributed by atoms with van der Waals surface area (Å²) in [4.78, 5) is 12.2. The Labute approximate surface area is 143 Å². The maximum atomic E-state index is 12.2. The Morgan fingerprint density at radius 3 is 2.88 bits per heavy atom. The lowest BCUT2D eigenvalue weighted by Gasteiger charge is -2.20. The van der Waals surface area contributed by atoms with Gasteiger partial charge in [0.25, 0.3) is 0 Å². The van der Waals surface area contributed by atoms with Gasteiger partial charge in [-0.3, -0.25) is 0 Å². The minimum Gasteiger partial charge on any atom is -0.493 e. The molecule has 1 aliphatic carbocycles. The summed E-state index contributed by atoms with van der Waals surface area (Å²) in [6.45, 7) is 3.32. The topological polar surface area (TPSA) is 59.6 Å². The molecule has 1 aromatic carbocycles. The van der Waals surface area contributed by atoms with Gasteiger partial charge in [0.05, 0.1) is 24.9 Å². The van der Waals surface area contributed by atoms with Crippen LogP contribution in [-0.4, -0.2) is 30.9 Å². The fourth-order valence-corrected chi connectivity index (χ4v) is 3.62. The maximum Gasteiger partial charge on any atom is 0.315 e. The van der Waals surface area contributed by atoms with Crippen molar-refractivity contribution in [2.75, 3.05) is 6.61 Å². The van der Waals surface area contributed by atoms with Gasteiger partial charge in [-0.05, 0) is 56.6 Å². The third-order valence-corrected chi connectivity index (χ3v) is 5.26. The third kappa shape index (κ3) is 3.66. The lowest BCUT2D eigenvalue weighted by atomic mass is 9.96. The number of carbonyl (C=O) groups is 1. The fourth-order valence-electron chi connectivity index (χ4n) is 3.62. The zero-order valence-corrected chi connectivity index (χ0v) is 14.2. The highest BCUT2D eigenvalue weighted by molar-refractivity contribution is 5.74. The highest BCUT2D eigenvalue weighted by Gasteiger charge is 2.41. The molecule has 1 saturated carbocycles. The molecule has 0 spiro atoms. The molecule has 1 aromatic rings. The number of ether oxygens (including phenoxy) is 2. The predicted octanol–water partition coefficient (Wildman–Crippen LogP) is 2.90. The van der Waals surface area contributed by atoms with Gasteiger partial charge in [0.2, 0.25) is 0 Å². The van der Waals surface area contributed by atoms with Crippen LogP contribution in [0.25, 0.3) is 0 Å². The number of urea groups is 1. The molecular formula is C19H26N2O3. The summed E-state index contributed by atoms with van der Waals surface area (Å²) in [7, 11) is 0. The first-order chi connectivity index (χ1) is 11.7. The van der Waals surface area contributed by atoms with Gasteiger partial charge in [-0.1, -0.05) is 12.1 Å². The molecule has 130 valence electrons. The minimum atomic E-state index is -0.120. The lowest BCUT2D eigenvalue weighted by Crippen LogP contribution is -2.46. The van der Waals surface area contributed by atoms with Crippen molar-refractivity contribution in [3.05, 3.63) is 29.3 Å².